The minimum atomic E-state index is -0.956. The molecule has 2 aromatic carbocycles. The van der Waals surface area contributed by atoms with Crippen molar-refractivity contribution in [3.63, 3.8) is 0 Å². The number of nitrogens with zero attached hydrogens (tertiary/aromatic N) is 2. The Bertz CT molecular complexity index is 1270. The zero-order valence-corrected chi connectivity index (χ0v) is 18.5. The van der Waals surface area contributed by atoms with Gasteiger partial charge in [0, 0.05) is 12.3 Å². The zero-order valence-electron chi connectivity index (χ0n) is 18.5. The normalized spacial score (nSPS) is 14.7. The molecule has 0 unspecified atom stereocenters. The van der Waals surface area contributed by atoms with Crippen molar-refractivity contribution in [2.45, 2.75) is 18.9 Å². The molecule has 0 saturated carbocycles. The van der Waals surface area contributed by atoms with Crippen LogP contribution in [0.4, 0.5) is 4.79 Å². The average molecular weight is 461 g/mol. The standard InChI is InChI=1S/C25H23N3O6/c1-32-25(31)34-15-33-23-20(29)12-13-27-22(23)24(30)26-14-28(27)21-18-8-4-2-6-16(18)10-11-17-7-3-5-9-19(17)21/h2-9,12-13,21H,10-11,14-15H2,1H3,(H,26,30). The number of methoxy groups -OCH3 is 1. The Morgan fingerprint density at radius 3 is 2.29 bits per heavy atom. The van der Waals surface area contributed by atoms with Gasteiger partial charge in [-0.25, -0.2) is 4.79 Å². The zero-order chi connectivity index (χ0) is 23.7. The van der Waals surface area contributed by atoms with Crippen LogP contribution >= 0.6 is 0 Å². The summed E-state index contributed by atoms with van der Waals surface area (Å²) in [5.74, 6) is -0.666. The van der Waals surface area contributed by atoms with Gasteiger partial charge < -0.3 is 19.5 Å². The maximum Gasteiger partial charge on any atom is 0.510 e. The molecule has 1 amide bonds. The van der Waals surface area contributed by atoms with Crippen molar-refractivity contribution in [1.29, 1.82) is 0 Å². The molecular weight excluding hydrogens is 438 g/mol. The van der Waals surface area contributed by atoms with E-state index in [2.05, 4.69) is 34.3 Å². The van der Waals surface area contributed by atoms with Gasteiger partial charge in [-0.05, 0) is 35.1 Å². The summed E-state index contributed by atoms with van der Waals surface area (Å²) in [5, 5.41) is 4.85. The van der Waals surface area contributed by atoms with Crippen LogP contribution in [-0.4, -0.2) is 37.3 Å². The molecule has 0 atom stereocenters. The summed E-state index contributed by atoms with van der Waals surface area (Å²) in [4.78, 5) is 36.8. The van der Waals surface area contributed by atoms with E-state index in [9.17, 15) is 14.4 Å². The molecule has 0 saturated heterocycles. The van der Waals surface area contributed by atoms with E-state index in [1.54, 1.807) is 10.9 Å². The van der Waals surface area contributed by atoms with Crippen molar-refractivity contribution in [1.82, 2.24) is 9.99 Å². The third-order valence-electron chi connectivity index (χ3n) is 6.14. The molecule has 34 heavy (non-hydrogen) atoms. The smallest absolute Gasteiger partial charge is 0.451 e. The van der Waals surface area contributed by atoms with Gasteiger partial charge >= 0.3 is 6.16 Å². The van der Waals surface area contributed by atoms with Gasteiger partial charge in [-0.2, -0.15) is 0 Å². The van der Waals surface area contributed by atoms with Crippen LogP contribution in [0, 0.1) is 0 Å². The molecule has 1 aliphatic carbocycles. The number of hydrogen-bond donors (Lipinski definition) is 1. The lowest BCUT2D eigenvalue weighted by molar-refractivity contribution is 0.0139. The van der Waals surface area contributed by atoms with Crippen LogP contribution < -0.4 is 20.5 Å². The third-order valence-corrected chi connectivity index (χ3v) is 6.14. The number of hydrogen-bond acceptors (Lipinski definition) is 7. The molecule has 0 fully saturated rings. The van der Waals surface area contributed by atoms with E-state index in [-0.39, 0.29) is 24.2 Å². The van der Waals surface area contributed by atoms with E-state index in [0.29, 0.717) is 0 Å². The monoisotopic (exact) mass is 461 g/mol. The molecular formula is C25H23N3O6. The number of fused-ring (bicyclic) bond motifs is 3. The average Bonchev–Trinajstić information content (AvgIpc) is 3.02. The molecule has 5 rings (SSSR count). The Hall–Kier alpha value is -4.27. The molecule has 0 spiro atoms. The van der Waals surface area contributed by atoms with Gasteiger partial charge in [0.25, 0.3) is 5.91 Å². The van der Waals surface area contributed by atoms with Gasteiger partial charge in [0.1, 0.15) is 6.67 Å². The molecule has 0 bridgehead atoms. The van der Waals surface area contributed by atoms with E-state index in [1.165, 1.54) is 17.2 Å². The Morgan fingerprint density at radius 1 is 1.00 bits per heavy atom. The van der Waals surface area contributed by atoms with Crippen molar-refractivity contribution in [3.8, 4) is 5.75 Å². The fourth-order valence-electron chi connectivity index (χ4n) is 4.61. The fraction of sp³-hybridized carbons (Fsp3) is 0.240. The maximum absolute atomic E-state index is 12.9. The molecule has 0 radical (unpaired) electrons. The summed E-state index contributed by atoms with van der Waals surface area (Å²) in [5.41, 5.74) is 4.25. The largest absolute Gasteiger partial charge is 0.510 e. The quantitative estimate of drug-likeness (QED) is 0.471. The van der Waals surface area contributed by atoms with E-state index in [0.717, 1.165) is 31.1 Å². The van der Waals surface area contributed by atoms with Gasteiger partial charge in [-0.3, -0.25) is 19.3 Å². The molecule has 1 N–H and O–H groups in total. The number of ether oxygens (including phenoxy) is 3. The second-order valence-electron chi connectivity index (χ2n) is 7.97. The second kappa shape index (κ2) is 8.93. The Labute approximate surface area is 195 Å². The van der Waals surface area contributed by atoms with Crippen molar-refractivity contribution in [3.05, 3.63) is 99.0 Å². The molecule has 1 aromatic heterocycles. The second-order valence-corrected chi connectivity index (χ2v) is 7.97. The van der Waals surface area contributed by atoms with Crippen LogP contribution in [0.25, 0.3) is 0 Å². The summed E-state index contributed by atoms with van der Waals surface area (Å²) >= 11 is 0. The van der Waals surface area contributed by atoms with Crippen molar-refractivity contribution in [2.24, 2.45) is 0 Å². The summed E-state index contributed by atoms with van der Waals surface area (Å²) in [6.45, 7) is -0.346. The Kier molecular flexibility index (Phi) is 5.67. The van der Waals surface area contributed by atoms with Gasteiger partial charge in [0.15, 0.2) is 5.69 Å². The maximum atomic E-state index is 12.9. The number of carbonyl (C=O) groups excluding carboxylic acids is 2. The van der Waals surface area contributed by atoms with Gasteiger partial charge in [0.2, 0.25) is 18.0 Å². The predicted molar refractivity (Wildman–Crippen MR) is 122 cm³/mol. The number of aromatic nitrogens is 1. The molecule has 2 heterocycles. The highest BCUT2D eigenvalue weighted by Crippen LogP contribution is 2.37. The van der Waals surface area contributed by atoms with Crippen LogP contribution in [0.15, 0.2) is 65.6 Å². The Balaban J connectivity index is 1.62. The van der Waals surface area contributed by atoms with Crippen LogP contribution in [0.2, 0.25) is 0 Å². The first-order valence-corrected chi connectivity index (χ1v) is 10.9. The predicted octanol–water partition coefficient (Wildman–Crippen LogP) is 2.49. The third kappa shape index (κ3) is 3.75. The molecule has 9 nitrogen and oxygen atoms in total. The highest BCUT2D eigenvalue weighted by molar-refractivity contribution is 5.96. The van der Waals surface area contributed by atoms with Crippen LogP contribution in [0.5, 0.6) is 5.75 Å². The summed E-state index contributed by atoms with van der Waals surface area (Å²) in [7, 11) is 1.16. The number of rotatable bonds is 4. The van der Waals surface area contributed by atoms with Crippen molar-refractivity contribution < 1.29 is 23.8 Å². The van der Waals surface area contributed by atoms with E-state index in [1.807, 2.05) is 29.3 Å². The lowest BCUT2D eigenvalue weighted by Gasteiger charge is -2.40. The fourth-order valence-corrected chi connectivity index (χ4v) is 4.61. The van der Waals surface area contributed by atoms with E-state index < -0.39 is 24.3 Å². The van der Waals surface area contributed by atoms with E-state index >= 15 is 0 Å². The lowest BCUT2D eigenvalue weighted by Crippen LogP contribution is -2.54. The van der Waals surface area contributed by atoms with Gasteiger partial charge in [-0.1, -0.05) is 48.5 Å². The Morgan fingerprint density at radius 2 is 1.65 bits per heavy atom. The van der Waals surface area contributed by atoms with Crippen LogP contribution in [0.1, 0.15) is 38.8 Å². The SMILES string of the molecule is COC(=O)OCOc1c2n(ccc1=O)N(C1c3ccccc3CCc3ccccc31)CNC2=O. The van der Waals surface area contributed by atoms with Crippen LogP contribution in [-0.2, 0) is 22.3 Å². The van der Waals surface area contributed by atoms with Crippen molar-refractivity contribution >= 4 is 12.1 Å². The number of aryl methyl sites for hydroxylation is 2. The molecule has 9 heteroatoms. The number of benzene rings is 2. The minimum Gasteiger partial charge on any atom is -0.451 e. The van der Waals surface area contributed by atoms with Crippen molar-refractivity contribution in [2.75, 3.05) is 25.6 Å². The molecule has 3 aromatic rings. The number of amides is 1. The van der Waals surface area contributed by atoms with Crippen LogP contribution in [0.3, 0.4) is 0 Å². The first-order valence-electron chi connectivity index (χ1n) is 10.9. The number of carbonyl (C=O) groups is 2. The first kappa shape index (κ1) is 21.6. The topological polar surface area (TPSA) is 99.1 Å². The number of nitrogens with one attached hydrogen (secondary N) is 1. The number of pyridine rings is 1. The summed E-state index contributed by atoms with van der Waals surface area (Å²) in [6.07, 6.45) is 2.42. The van der Waals surface area contributed by atoms with Gasteiger partial charge in [0.05, 0.1) is 13.2 Å². The first-order chi connectivity index (χ1) is 16.6. The van der Waals surface area contributed by atoms with Gasteiger partial charge in [-0.15, -0.1) is 0 Å². The molecule has 2 aliphatic rings. The highest BCUT2D eigenvalue weighted by Gasteiger charge is 2.35. The molecule has 1 aliphatic heterocycles. The molecule has 174 valence electrons. The lowest BCUT2D eigenvalue weighted by atomic mass is 9.94. The van der Waals surface area contributed by atoms with E-state index in [4.69, 9.17) is 9.47 Å². The minimum absolute atomic E-state index is 0.0337. The summed E-state index contributed by atoms with van der Waals surface area (Å²) < 4.78 is 16.3. The summed E-state index contributed by atoms with van der Waals surface area (Å²) in [6, 6.07) is 17.6. The highest BCUT2D eigenvalue weighted by atomic mass is 16.8.